The first-order chi connectivity index (χ1) is 14.6. The van der Waals surface area contributed by atoms with Gasteiger partial charge >= 0.3 is 6.03 Å². The minimum atomic E-state index is 0.140. The van der Waals surface area contributed by atoms with E-state index in [9.17, 15) is 4.79 Å². The summed E-state index contributed by atoms with van der Waals surface area (Å²) in [6.07, 6.45) is 9.02. The van der Waals surface area contributed by atoms with Crippen LogP contribution < -0.4 is 5.32 Å². The average Bonchev–Trinajstić information content (AvgIpc) is 3.00. The molecule has 162 valence electrons. The van der Waals surface area contributed by atoms with Gasteiger partial charge in [0.2, 0.25) is 0 Å². The highest BCUT2D eigenvalue weighted by atomic mass is 16.2. The van der Waals surface area contributed by atoms with Crippen LogP contribution in [0.3, 0.4) is 0 Å². The summed E-state index contributed by atoms with van der Waals surface area (Å²) < 4.78 is 0. The third-order valence-corrected chi connectivity index (χ3v) is 6.76. The molecule has 0 aliphatic carbocycles. The van der Waals surface area contributed by atoms with Gasteiger partial charge in [0.25, 0.3) is 0 Å². The second kappa shape index (κ2) is 9.78. The first-order valence-electron chi connectivity index (χ1n) is 11.7. The fraction of sp³-hybridized carbons (Fsp3) is 0.600. The fourth-order valence-electron chi connectivity index (χ4n) is 5.24. The van der Waals surface area contributed by atoms with Crippen molar-refractivity contribution in [2.75, 3.05) is 19.6 Å². The van der Waals surface area contributed by atoms with E-state index in [4.69, 9.17) is 0 Å². The molecular weight excluding hydrogens is 372 g/mol. The Labute approximate surface area is 180 Å². The highest BCUT2D eigenvalue weighted by Crippen LogP contribution is 2.31. The predicted molar refractivity (Wildman–Crippen MR) is 122 cm³/mol. The Morgan fingerprint density at radius 2 is 1.87 bits per heavy atom. The van der Waals surface area contributed by atoms with E-state index < -0.39 is 0 Å². The number of amides is 2. The van der Waals surface area contributed by atoms with Crippen molar-refractivity contribution in [3.8, 4) is 0 Å². The molecule has 1 aromatic carbocycles. The van der Waals surface area contributed by atoms with Crippen LogP contribution in [0.4, 0.5) is 4.79 Å². The molecule has 1 unspecified atom stereocenters. The first-order valence-corrected chi connectivity index (χ1v) is 11.7. The summed E-state index contributed by atoms with van der Waals surface area (Å²) in [5, 5.41) is 4.36. The largest absolute Gasteiger partial charge is 0.336 e. The zero-order valence-corrected chi connectivity index (χ0v) is 18.5. The number of fused-ring (bicyclic) bond motifs is 1. The number of para-hydroxylation sites is 1. The third kappa shape index (κ3) is 4.94. The topological polar surface area (TPSA) is 48.5 Å². The lowest BCUT2D eigenvalue weighted by Crippen LogP contribution is -2.52. The predicted octanol–water partition coefficient (Wildman–Crippen LogP) is 4.81. The van der Waals surface area contributed by atoms with Crippen molar-refractivity contribution in [3.63, 3.8) is 0 Å². The Balaban J connectivity index is 1.39. The maximum Gasteiger partial charge on any atom is 0.317 e. The molecule has 2 aliphatic rings. The number of nitrogens with zero attached hydrogens (tertiary/aromatic N) is 3. The molecule has 3 heterocycles. The number of urea groups is 1. The second-order valence-corrected chi connectivity index (χ2v) is 9.32. The van der Waals surface area contributed by atoms with Gasteiger partial charge in [-0.05, 0) is 70.2 Å². The van der Waals surface area contributed by atoms with Crippen molar-refractivity contribution in [2.24, 2.45) is 5.92 Å². The standard InChI is InChI=1S/C25H36N4O/c1-19(2)27-25(30)29-15-5-3-4-11-23(29)20-12-16-28(17-13-20)18-22-9-6-8-21-10-7-14-26-24(21)22/h6-10,14,19-20,23H,3-5,11-13,15-18H2,1-2H3,(H,27,30). The van der Waals surface area contributed by atoms with Gasteiger partial charge in [0.1, 0.15) is 0 Å². The number of likely N-dealkylation sites (tertiary alicyclic amines) is 2. The van der Waals surface area contributed by atoms with E-state index in [1.54, 1.807) is 0 Å². The van der Waals surface area contributed by atoms with Crippen molar-refractivity contribution >= 4 is 16.9 Å². The van der Waals surface area contributed by atoms with Crippen molar-refractivity contribution in [1.29, 1.82) is 0 Å². The van der Waals surface area contributed by atoms with Crippen molar-refractivity contribution in [1.82, 2.24) is 20.1 Å². The smallest absolute Gasteiger partial charge is 0.317 e. The number of aromatic nitrogens is 1. The van der Waals surface area contributed by atoms with Gasteiger partial charge < -0.3 is 10.2 Å². The van der Waals surface area contributed by atoms with Gasteiger partial charge in [0.15, 0.2) is 0 Å². The van der Waals surface area contributed by atoms with Gasteiger partial charge in [-0.2, -0.15) is 0 Å². The third-order valence-electron chi connectivity index (χ3n) is 6.76. The van der Waals surface area contributed by atoms with Gasteiger partial charge in [-0.1, -0.05) is 37.1 Å². The van der Waals surface area contributed by atoms with Crippen molar-refractivity contribution in [3.05, 3.63) is 42.1 Å². The van der Waals surface area contributed by atoms with Gasteiger partial charge in [-0.15, -0.1) is 0 Å². The van der Waals surface area contributed by atoms with E-state index >= 15 is 0 Å². The zero-order valence-electron chi connectivity index (χ0n) is 18.5. The molecule has 5 nitrogen and oxygen atoms in total. The Bertz CT molecular complexity index is 839. The monoisotopic (exact) mass is 408 g/mol. The first kappa shape index (κ1) is 21.1. The summed E-state index contributed by atoms with van der Waals surface area (Å²) in [7, 11) is 0. The Kier molecular flexibility index (Phi) is 6.88. The molecule has 4 rings (SSSR count). The number of piperidine rings is 1. The van der Waals surface area contributed by atoms with Gasteiger partial charge in [-0.25, -0.2) is 4.79 Å². The fourth-order valence-corrected chi connectivity index (χ4v) is 5.24. The molecule has 0 bridgehead atoms. The summed E-state index contributed by atoms with van der Waals surface area (Å²) in [5.74, 6) is 0.614. The lowest BCUT2D eigenvalue weighted by molar-refractivity contribution is 0.0976. The van der Waals surface area contributed by atoms with E-state index in [1.165, 1.54) is 36.6 Å². The van der Waals surface area contributed by atoms with Crippen molar-refractivity contribution < 1.29 is 4.79 Å². The van der Waals surface area contributed by atoms with Crippen molar-refractivity contribution in [2.45, 2.75) is 71.0 Å². The van der Waals surface area contributed by atoms with E-state index in [0.717, 1.165) is 44.5 Å². The van der Waals surface area contributed by atoms with Crippen LogP contribution in [0.1, 0.15) is 57.9 Å². The van der Waals surface area contributed by atoms with E-state index in [-0.39, 0.29) is 12.1 Å². The second-order valence-electron chi connectivity index (χ2n) is 9.32. The van der Waals surface area contributed by atoms with Crippen LogP contribution in [0.15, 0.2) is 36.5 Å². The number of pyridine rings is 1. The number of carbonyl (C=O) groups is 1. The van der Waals surface area contributed by atoms with Crippen LogP contribution in [0, 0.1) is 5.92 Å². The summed E-state index contributed by atoms with van der Waals surface area (Å²) in [6.45, 7) is 8.17. The van der Waals surface area contributed by atoms with Gasteiger partial charge in [-0.3, -0.25) is 9.88 Å². The van der Waals surface area contributed by atoms with Crippen LogP contribution in [-0.4, -0.2) is 52.5 Å². The average molecular weight is 409 g/mol. The normalized spacial score (nSPS) is 21.7. The highest BCUT2D eigenvalue weighted by molar-refractivity contribution is 5.81. The molecule has 2 aromatic rings. The van der Waals surface area contributed by atoms with Gasteiger partial charge in [0.05, 0.1) is 5.52 Å². The number of carbonyl (C=O) groups excluding carboxylic acids is 1. The maximum atomic E-state index is 12.8. The molecule has 1 aromatic heterocycles. The molecule has 1 atom stereocenters. The Hall–Kier alpha value is -2.14. The quantitative estimate of drug-likeness (QED) is 0.790. The lowest BCUT2D eigenvalue weighted by atomic mass is 9.86. The highest BCUT2D eigenvalue weighted by Gasteiger charge is 2.34. The molecule has 30 heavy (non-hydrogen) atoms. The minimum absolute atomic E-state index is 0.140. The van der Waals surface area contributed by atoms with Crippen LogP contribution in [0.2, 0.25) is 0 Å². The van der Waals surface area contributed by atoms with Crippen LogP contribution >= 0.6 is 0 Å². The number of hydrogen-bond acceptors (Lipinski definition) is 3. The molecule has 2 fully saturated rings. The molecule has 5 heteroatoms. The molecular formula is C25H36N4O. The molecule has 0 saturated carbocycles. The number of hydrogen-bond donors (Lipinski definition) is 1. The van der Waals surface area contributed by atoms with Gasteiger partial charge in [0, 0.05) is 36.8 Å². The summed E-state index contributed by atoms with van der Waals surface area (Å²) >= 11 is 0. The van der Waals surface area contributed by atoms with E-state index in [2.05, 4.69) is 44.4 Å². The van der Waals surface area contributed by atoms with Crippen LogP contribution in [0.5, 0.6) is 0 Å². The molecule has 0 spiro atoms. The summed E-state index contributed by atoms with van der Waals surface area (Å²) in [4.78, 5) is 22.2. The Morgan fingerprint density at radius 1 is 1.07 bits per heavy atom. The molecule has 0 radical (unpaired) electrons. The molecule has 2 amide bonds. The molecule has 2 aliphatic heterocycles. The maximum absolute atomic E-state index is 12.8. The summed E-state index contributed by atoms with van der Waals surface area (Å²) in [6, 6.07) is 11.4. The van der Waals surface area contributed by atoms with Crippen LogP contribution in [0.25, 0.3) is 10.9 Å². The van der Waals surface area contributed by atoms with Crippen LogP contribution in [-0.2, 0) is 6.54 Å². The summed E-state index contributed by atoms with van der Waals surface area (Å²) in [5.41, 5.74) is 2.45. The molecule has 2 saturated heterocycles. The number of nitrogens with one attached hydrogen (secondary N) is 1. The molecule has 1 N–H and O–H groups in total. The van der Waals surface area contributed by atoms with E-state index in [0.29, 0.717) is 12.0 Å². The number of rotatable bonds is 4. The number of benzene rings is 1. The zero-order chi connectivity index (χ0) is 20.9. The van der Waals surface area contributed by atoms with E-state index in [1.807, 2.05) is 26.1 Å². The SMILES string of the molecule is CC(C)NC(=O)N1CCCCCC1C1CCN(Cc2cccc3cccnc23)CC1. The Morgan fingerprint density at radius 3 is 2.67 bits per heavy atom. The lowest BCUT2D eigenvalue weighted by Gasteiger charge is -2.41. The minimum Gasteiger partial charge on any atom is -0.336 e.